The minimum absolute atomic E-state index is 0.110. The second-order valence-electron chi connectivity index (χ2n) is 6.11. The molecule has 0 bridgehead atoms. The molecule has 1 aliphatic carbocycles. The van der Waals surface area contributed by atoms with E-state index in [4.69, 9.17) is 0 Å². The first-order valence-electron chi connectivity index (χ1n) is 8.09. The van der Waals surface area contributed by atoms with Crippen molar-refractivity contribution in [1.29, 1.82) is 0 Å². The molecule has 0 aliphatic heterocycles. The van der Waals surface area contributed by atoms with Gasteiger partial charge < -0.3 is 10.4 Å². The van der Waals surface area contributed by atoms with Gasteiger partial charge in [-0.15, -0.1) is 0 Å². The van der Waals surface area contributed by atoms with E-state index >= 15 is 0 Å². The zero-order chi connectivity index (χ0) is 17.1. The SMILES string of the molecule is O=C(N[C@H]1CCCCC[C@H]1C(=O)O)c1n[nH]c(=O)c2ccccc12. The summed E-state index contributed by atoms with van der Waals surface area (Å²) in [6, 6.07) is 6.30. The average Bonchev–Trinajstić information content (AvgIpc) is 2.81. The van der Waals surface area contributed by atoms with Crippen molar-refractivity contribution in [2.24, 2.45) is 5.92 Å². The number of hydrogen-bond donors (Lipinski definition) is 3. The van der Waals surface area contributed by atoms with Crippen molar-refractivity contribution in [3.8, 4) is 0 Å². The van der Waals surface area contributed by atoms with Gasteiger partial charge in [-0.1, -0.05) is 37.5 Å². The van der Waals surface area contributed by atoms with Crippen molar-refractivity contribution in [1.82, 2.24) is 15.5 Å². The van der Waals surface area contributed by atoms with E-state index in [0.717, 1.165) is 19.3 Å². The van der Waals surface area contributed by atoms with Crippen molar-refractivity contribution < 1.29 is 14.7 Å². The molecule has 0 saturated heterocycles. The molecule has 1 saturated carbocycles. The maximum atomic E-state index is 12.6. The van der Waals surface area contributed by atoms with Gasteiger partial charge in [0.05, 0.1) is 11.3 Å². The molecule has 3 N–H and O–H groups in total. The van der Waals surface area contributed by atoms with Crippen molar-refractivity contribution >= 4 is 22.6 Å². The first-order valence-corrected chi connectivity index (χ1v) is 8.09. The summed E-state index contributed by atoms with van der Waals surface area (Å²) in [5, 5.41) is 19.3. The summed E-state index contributed by atoms with van der Waals surface area (Å²) in [6.07, 6.45) is 3.89. The highest BCUT2D eigenvalue weighted by atomic mass is 16.4. The number of nitrogens with zero attached hydrogens (tertiary/aromatic N) is 1. The van der Waals surface area contributed by atoms with Crippen LogP contribution in [-0.4, -0.2) is 33.2 Å². The number of amides is 1. The zero-order valence-corrected chi connectivity index (χ0v) is 13.1. The molecule has 2 aromatic rings. The number of carbonyl (C=O) groups is 2. The third-order valence-electron chi connectivity index (χ3n) is 4.56. The topological polar surface area (TPSA) is 112 Å². The number of carboxylic acids is 1. The van der Waals surface area contributed by atoms with Gasteiger partial charge in [0.2, 0.25) is 0 Å². The van der Waals surface area contributed by atoms with Gasteiger partial charge in [0.25, 0.3) is 11.5 Å². The Morgan fingerprint density at radius 1 is 1.12 bits per heavy atom. The van der Waals surface area contributed by atoms with E-state index in [0.29, 0.717) is 23.6 Å². The molecule has 0 unspecified atom stereocenters. The van der Waals surface area contributed by atoms with E-state index in [1.165, 1.54) is 0 Å². The second kappa shape index (κ2) is 6.82. The summed E-state index contributed by atoms with van der Waals surface area (Å²) in [4.78, 5) is 35.9. The highest BCUT2D eigenvalue weighted by Crippen LogP contribution is 2.24. The minimum Gasteiger partial charge on any atom is -0.481 e. The Bertz CT molecular complexity index is 830. The number of rotatable bonds is 3. The lowest BCUT2D eigenvalue weighted by Crippen LogP contribution is -2.43. The van der Waals surface area contributed by atoms with Gasteiger partial charge in [0.15, 0.2) is 5.69 Å². The fourth-order valence-electron chi connectivity index (χ4n) is 3.30. The third kappa shape index (κ3) is 3.15. The van der Waals surface area contributed by atoms with Crippen LogP contribution in [0.3, 0.4) is 0 Å². The number of aliphatic carboxylic acids is 1. The fourth-order valence-corrected chi connectivity index (χ4v) is 3.30. The number of carbonyl (C=O) groups excluding carboxylic acids is 1. The van der Waals surface area contributed by atoms with Crippen LogP contribution in [0.1, 0.15) is 42.6 Å². The summed E-state index contributed by atoms with van der Waals surface area (Å²) in [6.45, 7) is 0. The standard InChI is InChI=1S/C17H19N3O4/c21-15-11-7-5-4-6-10(11)14(19-20-15)16(22)18-13-9-3-1-2-8-12(13)17(23)24/h4-7,12-13H,1-3,8-9H2,(H,18,22)(H,20,21)(H,23,24)/t12-,13+/m1/s1. The Balaban J connectivity index is 1.90. The van der Waals surface area contributed by atoms with Crippen LogP contribution in [0.2, 0.25) is 0 Å². The summed E-state index contributed by atoms with van der Waals surface area (Å²) < 4.78 is 0. The van der Waals surface area contributed by atoms with Gasteiger partial charge in [-0.2, -0.15) is 5.10 Å². The Morgan fingerprint density at radius 3 is 2.58 bits per heavy atom. The van der Waals surface area contributed by atoms with Gasteiger partial charge in [0, 0.05) is 11.4 Å². The second-order valence-corrected chi connectivity index (χ2v) is 6.11. The molecule has 1 amide bonds. The number of carboxylic acid groups (broad SMARTS) is 1. The predicted molar refractivity (Wildman–Crippen MR) is 87.8 cm³/mol. The molecule has 0 radical (unpaired) electrons. The van der Waals surface area contributed by atoms with Crippen molar-refractivity contribution in [3.05, 3.63) is 40.3 Å². The van der Waals surface area contributed by atoms with E-state index in [1.807, 2.05) is 0 Å². The van der Waals surface area contributed by atoms with Crippen molar-refractivity contribution in [3.63, 3.8) is 0 Å². The van der Waals surface area contributed by atoms with E-state index in [-0.39, 0.29) is 11.3 Å². The first kappa shape index (κ1) is 16.2. The molecule has 126 valence electrons. The highest BCUT2D eigenvalue weighted by Gasteiger charge is 2.31. The summed E-state index contributed by atoms with van der Waals surface area (Å²) >= 11 is 0. The van der Waals surface area contributed by atoms with Gasteiger partial charge in [0.1, 0.15) is 0 Å². The molecule has 7 heteroatoms. The van der Waals surface area contributed by atoms with Crippen molar-refractivity contribution in [2.45, 2.75) is 38.1 Å². The normalized spacial score (nSPS) is 21.2. The maximum absolute atomic E-state index is 12.6. The molecule has 24 heavy (non-hydrogen) atoms. The van der Waals surface area contributed by atoms with Crippen LogP contribution in [-0.2, 0) is 4.79 Å². The van der Waals surface area contributed by atoms with Gasteiger partial charge in [-0.05, 0) is 18.9 Å². The summed E-state index contributed by atoms with van der Waals surface area (Å²) in [7, 11) is 0. The van der Waals surface area contributed by atoms with Crippen LogP contribution < -0.4 is 10.9 Å². The largest absolute Gasteiger partial charge is 0.481 e. The third-order valence-corrected chi connectivity index (χ3v) is 4.56. The smallest absolute Gasteiger partial charge is 0.308 e. The molecule has 1 fully saturated rings. The van der Waals surface area contributed by atoms with Gasteiger partial charge >= 0.3 is 5.97 Å². The zero-order valence-electron chi connectivity index (χ0n) is 13.1. The summed E-state index contributed by atoms with van der Waals surface area (Å²) in [5.74, 6) is -1.94. The van der Waals surface area contributed by atoms with Gasteiger partial charge in [-0.3, -0.25) is 14.4 Å². The predicted octanol–water partition coefficient (Wildman–Crippen LogP) is 1.69. The van der Waals surface area contributed by atoms with Crippen LogP contribution in [0.5, 0.6) is 0 Å². The number of H-pyrrole nitrogens is 1. The van der Waals surface area contributed by atoms with E-state index in [9.17, 15) is 19.5 Å². The maximum Gasteiger partial charge on any atom is 0.308 e. The summed E-state index contributed by atoms with van der Waals surface area (Å²) in [5.41, 5.74) is -0.251. The Hall–Kier alpha value is -2.70. The molecule has 1 aliphatic rings. The number of nitrogens with one attached hydrogen (secondary N) is 2. The Kier molecular flexibility index (Phi) is 4.59. The Labute approximate surface area is 138 Å². The number of hydrogen-bond acceptors (Lipinski definition) is 4. The molecular weight excluding hydrogens is 310 g/mol. The number of benzene rings is 1. The van der Waals surface area contributed by atoms with Crippen LogP contribution in [0.4, 0.5) is 0 Å². The lowest BCUT2D eigenvalue weighted by atomic mass is 9.94. The highest BCUT2D eigenvalue weighted by molar-refractivity contribution is 6.04. The molecule has 2 atom stereocenters. The van der Waals surface area contributed by atoms with E-state index < -0.39 is 23.8 Å². The lowest BCUT2D eigenvalue weighted by Gasteiger charge is -2.22. The number of fused-ring (bicyclic) bond motifs is 1. The lowest BCUT2D eigenvalue weighted by molar-refractivity contribution is -0.142. The van der Waals surface area contributed by atoms with Crippen molar-refractivity contribution in [2.75, 3.05) is 0 Å². The molecule has 1 aromatic carbocycles. The molecule has 7 nitrogen and oxygen atoms in total. The minimum atomic E-state index is -0.888. The molecular formula is C17H19N3O4. The molecule has 1 aromatic heterocycles. The van der Waals surface area contributed by atoms with E-state index in [2.05, 4.69) is 15.5 Å². The Morgan fingerprint density at radius 2 is 1.83 bits per heavy atom. The van der Waals surface area contributed by atoms with E-state index in [1.54, 1.807) is 24.3 Å². The fraction of sp³-hybridized carbons (Fsp3) is 0.412. The van der Waals surface area contributed by atoms with Crippen LogP contribution in [0.25, 0.3) is 10.8 Å². The number of aromatic nitrogens is 2. The van der Waals surface area contributed by atoms with Crippen LogP contribution in [0.15, 0.2) is 29.1 Å². The van der Waals surface area contributed by atoms with Gasteiger partial charge in [-0.25, -0.2) is 5.10 Å². The molecule has 3 rings (SSSR count). The van der Waals surface area contributed by atoms with Crippen LogP contribution in [0, 0.1) is 5.92 Å². The van der Waals surface area contributed by atoms with Crippen LogP contribution >= 0.6 is 0 Å². The molecule has 0 spiro atoms. The monoisotopic (exact) mass is 329 g/mol. The first-order chi connectivity index (χ1) is 11.6. The average molecular weight is 329 g/mol. The number of aromatic amines is 1. The molecule has 1 heterocycles. The quantitative estimate of drug-likeness (QED) is 0.742.